The number of methoxy groups -OCH3 is 1. The second-order valence-electron chi connectivity index (χ2n) is 3.01. The lowest BCUT2D eigenvalue weighted by Gasteiger charge is -1.97. The Kier molecular flexibility index (Phi) is 2.53. The van der Waals surface area contributed by atoms with Gasteiger partial charge in [-0.05, 0) is 6.07 Å². The van der Waals surface area contributed by atoms with Crippen molar-refractivity contribution in [1.82, 2.24) is 9.78 Å². The van der Waals surface area contributed by atoms with Crippen LogP contribution in [0.25, 0.3) is 11.1 Å². The number of hydrogen-bond acceptors (Lipinski definition) is 4. The molecular formula is C10H10N2O3. The molecule has 2 rings (SSSR count). The molecule has 0 aliphatic rings. The third-order valence-electron chi connectivity index (χ3n) is 2.01. The minimum atomic E-state index is -0.322. The van der Waals surface area contributed by atoms with Gasteiger partial charge in [-0.1, -0.05) is 0 Å². The van der Waals surface area contributed by atoms with E-state index in [4.69, 9.17) is 4.42 Å². The highest BCUT2D eigenvalue weighted by atomic mass is 16.5. The predicted octanol–water partition coefficient (Wildman–Crippen LogP) is 1.32. The maximum absolute atomic E-state index is 11.0. The molecular weight excluding hydrogens is 196 g/mol. The second-order valence-corrected chi connectivity index (χ2v) is 3.01. The van der Waals surface area contributed by atoms with Crippen LogP contribution in [0.2, 0.25) is 0 Å². The largest absolute Gasteiger partial charge is 0.472 e. The molecule has 15 heavy (non-hydrogen) atoms. The summed E-state index contributed by atoms with van der Waals surface area (Å²) in [5, 5.41) is 4.03. The Morgan fingerprint density at radius 3 is 3.13 bits per heavy atom. The van der Waals surface area contributed by atoms with Gasteiger partial charge >= 0.3 is 5.97 Å². The first kappa shape index (κ1) is 9.51. The van der Waals surface area contributed by atoms with E-state index in [1.165, 1.54) is 11.8 Å². The lowest BCUT2D eigenvalue weighted by atomic mass is 10.2. The minimum Gasteiger partial charge on any atom is -0.472 e. The van der Waals surface area contributed by atoms with Gasteiger partial charge in [0.15, 0.2) is 0 Å². The number of aromatic nitrogens is 2. The van der Waals surface area contributed by atoms with Crippen LogP contribution >= 0.6 is 0 Å². The SMILES string of the molecule is COC(=O)Cn1cc(-c2ccoc2)cn1. The van der Waals surface area contributed by atoms with Crippen molar-refractivity contribution in [2.45, 2.75) is 6.54 Å². The maximum Gasteiger partial charge on any atom is 0.327 e. The van der Waals surface area contributed by atoms with Crippen LogP contribution in [0.5, 0.6) is 0 Å². The fourth-order valence-electron chi connectivity index (χ4n) is 1.22. The molecule has 2 aromatic rings. The van der Waals surface area contributed by atoms with Crippen molar-refractivity contribution in [2.24, 2.45) is 0 Å². The first-order valence-electron chi connectivity index (χ1n) is 4.41. The predicted molar refractivity (Wildman–Crippen MR) is 51.9 cm³/mol. The second kappa shape index (κ2) is 4.00. The smallest absolute Gasteiger partial charge is 0.327 e. The van der Waals surface area contributed by atoms with Crippen LogP contribution in [0.15, 0.2) is 35.4 Å². The highest BCUT2D eigenvalue weighted by Crippen LogP contribution is 2.18. The summed E-state index contributed by atoms with van der Waals surface area (Å²) in [5.41, 5.74) is 1.85. The molecule has 0 spiro atoms. The monoisotopic (exact) mass is 206 g/mol. The number of carbonyl (C=O) groups excluding carboxylic acids is 1. The summed E-state index contributed by atoms with van der Waals surface area (Å²) in [4.78, 5) is 11.0. The van der Waals surface area contributed by atoms with Gasteiger partial charge in [0, 0.05) is 17.3 Å². The van der Waals surface area contributed by atoms with Gasteiger partial charge in [-0.25, -0.2) is 0 Å². The lowest BCUT2D eigenvalue weighted by Crippen LogP contribution is -2.11. The van der Waals surface area contributed by atoms with Crippen LogP contribution < -0.4 is 0 Å². The quantitative estimate of drug-likeness (QED) is 0.710. The van der Waals surface area contributed by atoms with Gasteiger partial charge < -0.3 is 9.15 Å². The molecule has 5 nitrogen and oxygen atoms in total. The highest BCUT2D eigenvalue weighted by molar-refractivity contribution is 5.69. The van der Waals surface area contributed by atoms with Crippen LogP contribution in [0.4, 0.5) is 0 Å². The van der Waals surface area contributed by atoms with E-state index in [2.05, 4.69) is 9.84 Å². The van der Waals surface area contributed by atoms with E-state index in [1.807, 2.05) is 6.07 Å². The number of hydrogen-bond donors (Lipinski definition) is 0. The zero-order valence-electron chi connectivity index (χ0n) is 8.21. The van der Waals surface area contributed by atoms with E-state index >= 15 is 0 Å². The molecule has 0 N–H and O–H groups in total. The number of carbonyl (C=O) groups is 1. The van der Waals surface area contributed by atoms with Crippen molar-refractivity contribution in [3.05, 3.63) is 31.0 Å². The molecule has 5 heteroatoms. The molecule has 0 radical (unpaired) electrons. The van der Waals surface area contributed by atoms with Crippen LogP contribution in [-0.2, 0) is 16.1 Å². The Balaban J connectivity index is 2.14. The normalized spacial score (nSPS) is 10.2. The molecule has 78 valence electrons. The van der Waals surface area contributed by atoms with E-state index in [0.717, 1.165) is 11.1 Å². The minimum absolute atomic E-state index is 0.119. The van der Waals surface area contributed by atoms with Gasteiger partial charge in [-0.15, -0.1) is 0 Å². The van der Waals surface area contributed by atoms with Crippen molar-refractivity contribution < 1.29 is 13.9 Å². The van der Waals surface area contributed by atoms with Gasteiger partial charge in [0.2, 0.25) is 0 Å². The van der Waals surface area contributed by atoms with Gasteiger partial charge in [0.1, 0.15) is 6.54 Å². The van der Waals surface area contributed by atoms with Crippen LogP contribution in [0, 0.1) is 0 Å². The molecule has 0 aliphatic heterocycles. The number of nitrogens with zero attached hydrogens (tertiary/aromatic N) is 2. The van der Waals surface area contributed by atoms with Crippen LogP contribution in [-0.4, -0.2) is 22.9 Å². The fraction of sp³-hybridized carbons (Fsp3) is 0.200. The zero-order chi connectivity index (χ0) is 10.7. The van der Waals surface area contributed by atoms with Crippen molar-refractivity contribution in [2.75, 3.05) is 7.11 Å². The Bertz CT molecular complexity index is 445. The zero-order valence-corrected chi connectivity index (χ0v) is 8.21. The van der Waals surface area contributed by atoms with Crippen molar-refractivity contribution >= 4 is 5.97 Å². The molecule has 0 saturated heterocycles. The van der Waals surface area contributed by atoms with Crippen molar-refractivity contribution in [3.8, 4) is 11.1 Å². The average Bonchev–Trinajstić information content (AvgIpc) is 2.85. The van der Waals surface area contributed by atoms with E-state index < -0.39 is 0 Å². The molecule has 0 aliphatic carbocycles. The average molecular weight is 206 g/mol. The van der Waals surface area contributed by atoms with E-state index in [-0.39, 0.29) is 12.5 Å². The third-order valence-corrected chi connectivity index (χ3v) is 2.01. The molecule has 0 fully saturated rings. The Morgan fingerprint density at radius 1 is 1.60 bits per heavy atom. The highest BCUT2D eigenvalue weighted by Gasteiger charge is 2.06. The van der Waals surface area contributed by atoms with Gasteiger partial charge in [-0.2, -0.15) is 5.10 Å². The summed E-state index contributed by atoms with van der Waals surface area (Å²) in [5.74, 6) is -0.322. The van der Waals surface area contributed by atoms with E-state index in [9.17, 15) is 4.79 Å². The van der Waals surface area contributed by atoms with Gasteiger partial charge in [0.05, 0.1) is 25.8 Å². The van der Waals surface area contributed by atoms with E-state index in [1.54, 1.807) is 24.9 Å². The first-order valence-corrected chi connectivity index (χ1v) is 4.41. The maximum atomic E-state index is 11.0. The molecule has 2 aromatic heterocycles. The number of furan rings is 1. The summed E-state index contributed by atoms with van der Waals surface area (Å²) in [6.07, 6.45) is 6.65. The molecule has 2 heterocycles. The fourth-order valence-corrected chi connectivity index (χ4v) is 1.22. The molecule has 0 unspecified atom stereocenters. The molecule has 0 saturated carbocycles. The topological polar surface area (TPSA) is 57.3 Å². The first-order chi connectivity index (χ1) is 7.29. The summed E-state index contributed by atoms with van der Waals surface area (Å²) in [7, 11) is 1.35. The van der Waals surface area contributed by atoms with Gasteiger partial charge in [-0.3, -0.25) is 9.48 Å². The molecule has 0 amide bonds. The van der Waals surface area contributed by atoms with Gasteiger partial charge in [0.25, 0.3) is 0 Å². The number of esters is 1. The Morgan fingerprint density at radius 2 is 2.47 bits per heavy atom. The van der Waals surface area contributed by atoms with Crippen molar-refractivity contribution in [3.63, 3.8) is 0 Å². The molecule has 0 aromatic carbocycles. The lowest BCUT2D eigenvalue weighted by molar-refractivity contribution is -0.141. The van der Waals surface area contributed by atoms with Crippen LogP contribution in [0.1, 0.15) is 0 Å². The van der Waals surface area contributed by atoms with E-state index in [0.29, 0.717) is 0 Å². The number of rotatable bonds is 3. The summed E-state index contributed by atoms with van der Waals surface area (Å²) < 4.78 is 11.0. The standard InChI is InChI=1S/C10H10N2O3/c1-14-10(13)6-12-5-9(4-11-12)8-2-3-15-7-8/h2-5,7H,6H2,1H3. The molecule has 0 atom stereocenters. The number of ether oxygens (including phenoxy) is 1. The van der Waals surface area contributed by atoms with Crippen LogP contribution in [0.3, 0.4) is 0 Å². The Hall–Kier alpha value is -2.04. The summed E-state index contributed by atoms with van der Waals surface area (Å²) >= 11 is 0. The molecule has 0 bridgehead atoms. The summed E-state index contributed by atoms with van der Waals surface area (Å²) in [6, 6.07) is 1.83. The van der Waals surface area contributed by atoms with Crippen molar-refractivity contribution in [1.29, 1.82) is 0 Å². The third kappa shape index (κ3) is 2.07. The summed E-state index contributed by atoms with van der Waals surface area (Å²) in [6.45, 7) is 0.119. The Labute approximate surface area is 86.3 Å².